The Labute approximate surface area is 121 Å². The molecular formula is C8H6FKN2O2. The SMILES string of the molecule is O=C(O)c1ccn2ncc(F)c2c1.[KH]. The van der Waals surface area contributed by atoms with Crippen molar-refractivity contribution >= 4 is 62.9 Å². The average Bonchev–Trinajstić information content (AvgIpc) is 2.47. The summed E-state index contributed by atoms with van der Waals surface area (Å²) in [5, 5.41) is 12.3. The molecule has 0 aromatic carbocycles. The number of rotatable bonds is 1. The van der Waals surface area contributed by atoms with E-state index in [9.17, 15) is 9.18 Å². The van der Waals surface area contributed by atoms with E-state index in [2.05, 4.69) is 5.10 Å². The van der Waals surface area contributed by atoms with Crippen LogP contribution in [0, 0.1) is 5.82 Å². The van der Waals surface area contributed by atoms with Crippen LogP contribution in [0.1, 0.15) is 10.4 Å². The maximum atomic E-state index is 12.9. The maximum absolute atomic E-state index is 12.9. The molecule has 2 aromatic rings. The summed E-state index contributed by atoms with van der Waals surface area (Å²) in [5.41, 5.74) is 0.215. The first kappa shape index (κ1) is 11.8. The molecule has 0 saturated heterocycles. The van der Waals surface area contributed by atoms with Crippen LogP contribution in [0.5, 0.6) is 0 Å². The monoisotopic (exact) mass is 220 g/mol. The van der Waals surface area contributed by atoms with E-state index in [1.807, 2.05) is 0 Å². The van der Waals surface area contributed by atoms with E-state index < -0.39 is 11.8 Å². The van der Waals surface area contributed by atoms with Crippen LogP contribution < -0.4 is 0 Å². The third-order valence-electron chi connectivity index (χ3n) is 1.72. The van der Waals surface area contributed by atoms with Gasteiger partial charge < -0.3 is 5.11 Å². The van der Waals surface area contributed by atoms with Gasteiger partial charge in [0.1, 0.15) is 5.52 Å². The molecular weight excluding hydrogens is 214 g/mol. The quantitative estimate of drug-likeness (QED) is 0.713. The van der Waals surface area contributed by atoms with Gasteiger partial charge in [-0.15, -0.1) is 0 Å². The van der Waals surface area contributed by atoms with Crippen molar-refractivity contribution in [1.82, 2.24) is 9.61 Å². The summed E-state index contributed by atoms with van der Waals surface area (Å²) in [6.07, 6.45) is 2.45. The number of fused-ring (bicyclic) bond motifs is 1. The van der Waals surface area contributed by atoms with Crippen LogP contribution in [-0.2, 0) is 0 Å². The Morgan fingerprint density at radius 3 is 2.93 bits per heavy atom. The topological polar surface area (TPSA) is 54.6 Å². The van der Waals surface area contributed by atoms with Gasteiger partial charge in [0.25, 0.3) is 0 Å². The zero-order chi connectivity index (χ0) is 9.42. The van der Waals surface area contributed by atoms with Gasteiger partial charge in [-0.1, -0.05) is 0 Å². The van der Waals surface area contributed by atoms with Crippen molar-refractivity contribution in [2.45, 2.75) is 0 Å². The number of pyridine rings is 1. The summed E-state index contributed by atoms with van der Waals surface area (Å²) >= 11 is 0. The molecule has 0 amide bonds. The van der Waals surface area contributed by atoms with Crippen LogP contribution in [0.25, 0.3) is 5.52 Å². The molecule has 2 heterocycles. The second-order valence-electron chi connectivity index (χ2n) is 2.54. The normalized spacial score (nSPS) is 9.79. The number of hydrogen-bond acceptors (Lipinski definition) is 2. The molecule has 0 aliphatic rings. The van der Waals surface area contributed by atoms with Gasteiger partial charge in [-0.05, 0) is 12.1 Å². The fourth-order valence-electron chi connectivity index (χ4n) is 1.08. The number of halogens is 1. The van der Waals surface area contributed by atoms with Gasteiger partial charge in [-0.2, -0.15) is 5.10 Å². The zero-order valence-corrected chi connectivity index (χ0v) is 6.44. The summed E-state index contributed by atoms with van der Waals surface area (Å²) in [7, 11) is 0. The Morgan fingerprint density at radius 2 is 2.29 bits per heavy atom. The van der Waals surface area contributed by atoms with Crippen LogP contribution in [0.15, 0.2) is 24.5 Å². The molecule has 1 N–H and O–H groups in total. The first-order valence-corrected chi connectivity index (χ1v) is 3.54. The molecule has 0 radical (unpaired) electrons. The predicted molar refractivity (Wildman–Crippen MR) is 49.3 cm³/mol. The molecule has 0 fully saturated rings. The molecule has 0 atom stereocenters. The van der Waals surface area contributed by atoms with Crippen LogP contribution in [0.3, 0.4) is 0 Å². The predicted octanol–water partition coefficient (Wildman–Crippen LogP) is 0.523. The third kappa shape index (κ3) is 2.04. The minimum absolute atomic E-state index is 0. The molecule has 0 aliphatic heterocycles. The third-order valence-corrected chi connectivity index (χ3v) is 1.72. The summed E-state index contributed by atoms with van der Waals surface area (Å²) in [6, 6.07) is 2.60. The Bertz CT molecular complexity index is 483. The fraction of sp³-hybridized carbons (Fsp3) is 0. The summed E-state index contributed by atoms with van der Waals surface area (Å²) in [4.78, 5) is 10.5. The van der Waals surface area contributed by atoms with Crippen LogP contribution in [0.4, 0.5) is 4.39 Å². The van der Waals surface area contributed by atoms with Gasteiger partial charge in [0, 0.05) is 6.20 Å². The Morgan fingerprint density at radius 1 is 1.57 bits per heavy atom. The van der Waals surface area contributed by atoms with Crippen LogP contribution >= 0.6 is 0 Å². The standard InChI is InChI=1S/C8H5FN2O2.K.H/c9-6-4-10-11-2-1-5(8(12)13)3-7(6)11;;/h1-4H,(H,12,13);;. The van der Waals surface area contributed by atoms with Crippen molar-refractivity contribution in [2.24, 2.45) is 0 Å². The van der Waals surface area contributed by atoms with Crippen molar-refractivity contribution in [1.29, 1.82) is 0 Å². The van der Waals surface area contributed by atoms with Crippen LogP contribution in [-0.4, -0.2) is 72.1 Å². The van der Waals surface area contributed by atoms with Crippen LogP contribution in [0.2, 0.25) is 0 Å². The van der Waals surface area contributed by atoms with E-state index in [0.717, 1.165) is 6.20 Å². The average molecular weight is 220 g/mol. The molecule has 0 saturated carbocycles. The van der Waals surface area contributed by atoms with E-state index in [4.69, 9.17) is 5.11 Å². The van der Waals surface area contributed by atoms with Crippen molar-refractivity contribution in [3.05, 3.63) is 35.9 Å². The summed E-state index contributed by atoms with van der Waals surface area (Å²) in [5.74, 6) is -1.61. The first-order chi connectivity index (χ1) is 6.18. The molecule has 6 heteroatoms. The van der Waals surface area contributed by atoms with E-state index in [1.165, 1.54) is 22.8 Å². The number of nitrogens with zero attached hydrogens (tertiary/aromatic N) is 2. The molecule has 2 aromatic heterocycles. The van der Waals surface area contributed by atoms with Gasteiger partial charge in [0.05, 0.1) is 11.8 Å². The number of carbonyl (C=O) groups is 1. The fourth-order valence-corrected chi connectivity index (χ4v) is 1.08. The second-order valence-corrected chi connectivity index (χ2v) is 2.54. The Balaban J connectivity index is 0.000000980. The number of aromatic carboxylic acids is 1. The van der Waals surface area contributed by atoms with Crippen molar-refractivity contribution in [3.8, 4) is 0 Å². The molecule has 14 heavy (non-hydrogen) atoms. The number of aromatic nitrogens is 2. The zero-order valence-electron chi connectivity index (χ0n) is 6.44. The number of carboxylic acid groups (broad SMARTS) is 1. The molecule has 2 rings (SSSR count). The van der Waals surface area contributed by atoms with Crippen molar-refractivity contribution in [2.75, 3.05) is 0 Å². The molecule has 0 bridgehead atoms. The second kappa shape index (κ2) is 4.50. The molecule has 0 unspecified atom stereocenters. The summed E-state index contributed by atoms with van der Waals surface area (Å²) in [6.45, 7) is 0. The number of carboxylic acids is 1. The van der Waals surface area contributed by atoms with E-state index in [0.29, 0.717) is 0 Å². The first-order valence-electron chi connectivity index (χ1n) is 3.54. The molecule has 0 aliphatic carbocycles. The van der Waals surface area contributed by atoms with E-state index in [1.54, 1.807) is 0 Å². The van der Waals surface area contributed by atoms with Gasteiger partial charge in [0.2, 0.25) is 0 Å². The summed E-state index contributed by atoms with van der Waals surface area (Å²) < 4.78 is 14.2. The van der Waals surface area contributed by atoms with Gasteiger partial charge in [-0.3, -0.25) is 0 Å². The Hall–Kier alpha value is -0.274. The van der Waals surface area contributed by atoms with E-state index >= 15 is 0 Å². The molecule has 4 nitrogen and oxygen atoms in total. The van der Waals surface area contributed by atoms with Gasteiger partial charge in [-0.25, -0.2) is 13.7 Å². The van der Waals surface area contributed by atoms with Gasteiger partial charge >= 0.3 is 57.4 Å². The number of hydrogen-bond donors (Lipinski definition) is 1. The van der Waals surface area contributed by atoms with E-state index in [-0.39, 0.29) is 62.5 Å². The minimum atomic E-state index is -1.08. The van der Waals surface area contributed by atoms with Crippen molar-refractivity contribution < 1.29 is 14.3 Å². The van der Waals surface area contributed by atoms with Gasteiger partial charge in [0.15, 0.2) is 5.82 Å². The molecule has 68 valence electrons. The van der Waals surface area contributed by atoms with Crippen molar-refractivity contribution in [3.63, 3.8) is 0 Å². The Kier molecular flexibility index (Phi) is 3.79. The molecule has 0 spiro atoms.